The summed E-state index contributed by atoms with van der Waals surface area (Å²) >= 11 is 0. The first-order valence-electron chi connectivity index (χ1n) is 7.59. The van der Waals surface area contributed by atoms with Crippen LogP contribution in [0.2, 0.25) is 0 Å². The second-order valence-corrected chi connectivity index (χ2v) is 5.77. The third-order valence-electron chi connectivity index (χ3n) is 3.32. The number of urea groups is 1. The molecule has 0 saturated heterocycles. The van der Waals surface area contributed by atoms with Crippen LogP contribution in [0.5, 0.6) is 5.75 Å². The van der Waals surface area contributed by atoms with Gasteiger partial charge in [0.1, 0.15) is 12.4 Å². The molecule has 3 N–H and O–H groups in total. The second kappa shape index (κ2) is 9.29. The summed E-state index contributed by atoms with van der Waals surface area (Å²) in [6.07, 6.45) is 0.469. The maximum Gasteiger partial charge on any atom is 0.315 e. The minimum absolute atomic E-state index is 0.00830. The van der Waals surface area contributed by atoms with Crippen LogP contribution in [0.25, 0.3) is 0 Å². The molecule has 0 fully saturated rings. The lowest BCUT2D eigenvalue weighted by molar-refractivity contribution is 0.208. The van der Waals surface area contributed by atoms with Crippen molar-refractivity contribution in [2.75, 3.05) is 13.2 Å². The molecule has 0 aliphatic rings. The van der Waals surface area contributed by atoms with Crippen LogP contribution in [0.1, 0.15) is 27.2 Å². The molecule has 1 aromatic rings. The topological polar surface area (TPSA) is 70.6 Å². The number of halogens is 2. The first-order valence-corrected chi connectivity index (χ1v) is 7.59. The molecule has 0 heterocycles. The van der Waals surface area contributed by atoms with Crippen molar-refractivity contribution in [3.05, 3.63) is 29.8 Å². The molecule has 130 valence electrons. The predicted octanol–water partition coefficient (Wildman–Crippen LogP) is 2.44. The molecule has 2 unspecified atom stereocenters. The van der Waals surface area contributed by atoms with Gasteiger partial charge < -0.3 is 20.5 Å². The van der Waals surface area contributed by atoms with Gasteiger partial charge in [0.05, 0.1) is 6.04 Å². The van der Waals surface area contributed by atoms with E-state index < -0.39 is 11.6 Å². The molecule has 7 heteroatoms. The van der Waals surface area contributed by atoms with Crippen LogP contribution in [0.15, 0.2) is 18.2 Å². The average Bonchev–Trinajstić information content (AvgIpc) is 2.45. The third-order valence-corrected chi connectivity index (χ3v) is 3.32. The highest BCUT2D eigenvalue weighted by Crippen LogP contribution is 2.17. The normalized spacial score (nSPS) is 13.5. The largest absolute Gasteiger partial charge is 0.488 e. The number of amides is 2. The van der Waals surface area contributed by atoms with E-state index >= 15 is 0 Å². The van der Waals surface area contributed by atoms with E-state index in [1.165, 1.54) is 6.07 Å². The van der Waals surface area contributed by atoms with Crippen molar-refractivity contribution in [1.82, 2.24) is 10.6 Å². The molecule has 23 heavy (non-hydrogen) atoms. The summed E-state index contributed by atoms with van der Waals surface area (Å²) in [5.41, 5.74) is 0. The zero-order valence-electron chi connectivity index (χ0n) is 13.6. The Morgan fingerprint density at radius 2 is 1.96 bits per heavy atom. The van der Waals surface area contributed by atoms with E-state index in [0.717, 1.165) is 12.1 Å². The van der Waals surface area contributed by atoms with Gasteiger partial charge >= 0.3 is 6.03 Å². The van der Waals surface area contributed by atoms with E-state index in [2.05, 4.69) is 10.6 Å². The zero-order chi connectivity index (χ0) is 17.4. The summed E-state index contributed by atoms with van der Waals surface area (Å²) in [5.74, 6) is -1.35. The number of ether oxygens (including phenoxy) is 1. The van der Waals surface area contributed by atoms with E-state index in [1.54, 1.807) is 6.92 Å². The lowest BCUT2D eigenvalue weighted by Crippen LogP contribution is -2.48. The Kier molecular flexibility index (Phi) is 7.74. The van der Waals surface area contributed by atoms with Gasteiger partial charge in [-0.1, -0.05) is 13.8 Å². The molecule has 0 radical (unpaired) electrons. The van der Waals surface area contributed by atoms with E-state index in [4.69, 9.17) is 9.84 Å². The Balaban J connectivity index is 2.43. The Labute approximate surface area is 135 Å². The van der Waals surface area contributed by atoms with Gasteiger partial charge in [0.25, 0.3) is 0 Å². The molecule has 0 spiro atoms. The SMILES string of the molecule is CC(COc1ccc(F)cc1F)NC(=O)NC(CCO)C(C)C. The Morgan fingerprint density at radius 3 is 2.52 bits per heavy atom. The van der Waals surface area contributed by atoms with Crippen molar-refractivity contribution < 1.29 is 23.4 Å². The highest BCUT2D eigenvalue weighted by molar-refractivity contribution is 5.74. The molecular weight excluding hydrogens is 306 g/mol. The lowest BCUT2D eigenvalue weighted by atomic mass is 10.0. The number of hydrogen-bond acceptors (Lipinski definition) is 3. The Bertz CT molecular complexity index is 512. The third kappa shape index (κ3) is 6.81. The van der Waals surface area contributed by atoms with Crippen LogP contribution < -0.4 is 15.4 Å². The Morgan fingerprint density at radius 1 is 1.26 bits per heavy atom. The second-order valence-electron chi connectivity index (χ2n) is 5.77. The number of benzene rings is 1. The van der Waals surface area contributed by atoms with Crippen LogP contribution in [0.4, 0.5) is 13.6 Å². The van der Waals surface area contributed by atoms with Crippen LogP contribution in [-0.4, -0.2) is 36.4 Å². The van der Waals surface area contributed by atoms with Gasteiger partial charge in [-0.2, -0.15) is 0 Å². The number of carbonyl (C=O) groups is 1. The molecule has 2 amide bonds. The lowest BCUT2D eigenvalue weighted by Gasteiger charge is -2.23. The molecule has 0 aliphatic carbocycles. The average molecular weight is 330 g/mol. The van der Waals surface area contributed by atoms with Crippen LogP contribution in [0.3, 0.4) is 0 Å². The van der Waals surface area contributed by atoms with Crippen LogP contribution in [-0.2, 0) is 0 Å². The molecule has 1 rings (SSSR count). The summed E-state index contributed by atoms with van der Waals surface area (Å²) in [7, 11) is 0. The number of rotatable bonds is 8. The van der Waals surface area contributed by atoms with E-state index in [-0.39, 0.29) is 43.0 Å². The van der Waals surface area contributed by atoms with Crippen molar-refractivity contribution in [3.63, 3.8) is 0 Å². The van der Waals surface area contributed by atoms with Crippen molar-refractivity contribution in [3.8, 4) is 5.75 Å². The minimum Gasteiger partial charge on any atom is -0.488 e. The Hall–Kier alpha value is -1.89. The number of carbonyl (C=O) groups excluding carboxylic acids is 1. The summed E-state index contributed by atoms with van der Waals surface area (Å²) in [5, 5.41) is 14.4. The fourth-order valence-electron chi connectivity index (χ4n) is 1.99. The van der Waals surface area contributed by atoms with Crippen LogP contribution in [0, 0.1) is 17.6 Å². The maximum atomic E-state index is 13.4. The summed E-state index contributed by atoms with van der Waals surface area (Å²) in [6, 6.07) is 2.15. The van der Waals surface area contributed by atoms with Crippen molar-refractivity contribution in [1.29, 1.82) is 0 Å². The maximum absolute atomic E-state index is 13.4. The van der Waals surface area contributed by atoms with Crippen molar-refractivity contribution >= 4 is 6.03 Å². The fraction of sp³-hybridized carbons (Fsp3) is 0.562. The van der Waals surface area contributed by atoms with Gasteiger partial charge in [-0.25, -0.2) is 13.6 Å². The van der Waals surface area contributed by atoms with Gasteiger partial charge in [0.15, 0.2) is 11.6 Å². The highest BCUT2D eigenvalue weighted by atomic mass is 19.1. The van der Waals surface area contributed by atoms with E-state index in [1.807, 2.05) is 13.8 Å². The highest BCUT2D eigenvalue weighted by Gasteiger charge is 2.17. The molecule has 0 aliphatic heterocycles. The number of nitrogens with one attached hydrogen (secondary N) is 2. The minimum atomic E-state index is -0.788. The van der Waals surface area contributed by atoms with Crippen molar-refractivity contribution in [2.24, 2.45) is 5.92 Å². The number of aliphatic hydroxyl groups excluding tert-OH is 1. The molecule has 2 atom stereocenters. The smallest absolute Gasteiger partial charge is 0.315 e. The zero-order valence-corrected chi connectivity index (χ0v) is 13.6. The molecule has 5 nitrogen and oxygen atoms in total. The van der Waals surface area contributed by atoms with Gasteiger partial charge in [-0.15, -0.1) is 0 Å². The van der Waals surface area contributed by atoms with E-state index in [0.29, 0.717) is 6.42 Å². The summed E-state index contributed by atoms with van der Waals surface area (Å²) in [6.45, 7) is 5.64. The van der Waals surface area contributed by atoms with Gasteiger partial charge in [-0.3, -0.25) is 0 Å². The quantitative estimate of drug-likeness (QED) is 0.686. The van der Waals surface area contributed by atoms with Gasteiger partial charge in [0, 0.05) is 18.7 Å². The fourth-order valence-corrected chi connectivity index (χ4v) is 1.99. The van der Waals surface area contributed by atoms with Gasteiger partial charge in [-0.05, 0) is 31.4 Å². The first-order chi connectivity index (χ1) is 10.8. The van der Waals surface area contributed by atoms with Crippen molar-refractivity contribution in [2.45, 2.75) is 39.3 Å². The molecule has 1 aromatic carbocycles. The van der Waals surface area contributed by atoms with E-state index in [9.17, 15) is 13.6 Å². The first kappa shape index (κ1) is 19.2. The molecule has 0 saturated carbocycles. The molecular formula is C16H24F2N2O3. The summed E-state index contributed by atoms with van der Waals surface area (Å²) < 4.78 is 31.4. The van der Waals surface area contributed by atoms with Crippen LogP contribution >= 0.6 is 0 Å². The number of hydrogen-bond donors (Lipinski definition) is 3. The number of aliphatic hydroxyl groups is 1. The summed E-state index contributed by atoms with van der Waals surface area (Å²) in [4.78, 5) is 11.9. The monoisotopic (exact) mass is 330 g/mol. The predicted molar refractivity (Wildman–Crippen MR) is 83.3 cm³/mol. The van der Waals surface area contributed by atoms with Gasteiger partial charge in [0.2, 0.25) is 0 Å². The molecule has 0 aromatic heterocycles. The molecule has 0 bridgehead atoms. The standard InChI is InChI=1S/C16H24F2N2O3/c1-10(2)14(6-7-21)20-16(22)19-11(3)9-23-15-5-4-12(17)8-13(15)18/h4-5,8,10-11,14,21H,6-7,9H2,1-3H3,(H2,19,20,22).